The van der Waals surface area contributed by atoms with Gasteiger partial charge in [0.25, 0.3) is 5.91 Å². The molecule has 6 heteroatoms. The number of ether oxygens (including phenoxy) is 1. The summed E-state index contributed by atoms with van der Waals surface area (Å²) in [4.78, 5) is 23.4. The summed E-state index contributed by atoms with van der Waals surface area (Å²) in [6.07, 6.45) is 0. The first-order chi connectivity index (χ1) is 12.2. The Labute approximate surface area is 153 Å². The number of rotatable bonds is 5. The van der Waals surface area contributed by atoms with Crippen LogP contribution in [0, 0.1) is 6.92 Å². The first kappa shape index (κ1) is 19.3. The maximum Gasteiger partial charge on any atom is 0.321 e. The van der Waals surface area contributed by atoms with Crippen LogP contribution in [0.2, 0.25) is 0 Å². The number of urea groups is 1. The molecular formula is C20H25N3O3. The lowest BCUT2D eigenvalue weighted by Gasteiger charge is -2.23. The highest BCUT2D eigenvalue weighted by molar-refractivity contribution is 6.02. The molecule has 0 fully saturated rings. The number of anilines is 1. The number of nitrogens with one attached hydrogen (secondary N) is 2. The number of benzene rings is 2. The molecule has 2 aromatic carbocycles. The van der Waals surface area contributed by atoms with Gasteiger partial charge in [0, 0.05) is 0 Å². The third kappa shape index (κ3) is 4.99. The van der Waals surface area contributed by atoms with Gasteiger partial charge >= 0.3 is 6.03 Å². The molecule has 2 aromatic rings. The van der Waals surface area contributed by atoms with Crippen LogP contribution in [0.3, 0.4) is 0 Å². The number of carbonyl (C=O) groups is 2. The summed E-state index contributed by atoms with van der Waals surface area (Å²) in [6, 6.07) is 12.0. The van der Waals surface area contributed by atoms with Crippen LogP contribution in [0.5, 0.6) is 5.75 Å². The van der Waals surface area contributed by atoms with Gasteiger partial charge in [-0.05, 0) is 36.1 Å². The van der Waals surface area contributed by atoms with E-state index in [-0.39, 0.29) is 17.7 Å². The van der Waals surface area contributed by atoms with Crippen molar-refractivity contribution in [2.45, 2.75) is 33.1 Å². The first-order valence-corrected chi connectivity index (χ1v) is 8.36. The molecule has 4 N–H and O–H groups in total. The van der Waals surface area contributed by atoms with Crippen LogP contribution in [0.15, 0.2) is 42.5 Å². The molecule has 0 radical (unpaired) electrons. The second kappa shape index (κ2) is 7.91. The van der Waals surface area contributed by atoms with E-state index in [0.717, 1.165) is 16.9 Å². The van der Waals surface area contributed by atoms with E-state index in [4.69, 9.17) is 10.5 Å². The number of aryl methyl sites for hydroxylation is 1. The topological polar surface area (TPSA) is 93.4 Å². The molecule has 0 aliphatic heterocycles. The van der Waals surface area contributed by atoms with Gasteiger partial charge in [-0.15, -0.1) is 0 Å². The zero-order valence-electron chi connectivity index (χ0n) is 15.6. The monoisotopic (exact) mass is 355 g/mol. The van der Waals surface area contributed by atoms with Crippen molar-refractivity contribution in [1.82, 2.24) is 5.32 Å². The Morgan fingerprint density at radius 2 is 1.81 bits per heavy atom. The number of hydrogen-bond donors (Lipinski definition) is 3. The van der Waals surface area contributed by atoms with Crippen molar-refractivity contribution in [1.29, 1.82) is 0 Å². The molecule has 138 valence electrons. The standard InChI is InChI=1S/C20H25N3O3/c1-13-9-10-17(15(11-13)20(2,3)4)26-12-22-19(25)23-16-8-6-5-7-14(16)18(21)24/h5-11H,12H2,1-4H3,(H2,21,24)(H2,22,23,25). The van der Waals surface area contributed by atoms with E-state index in [0.29, 0.717) is 5.69 Å². The van der Waals surface area contributed by atoms with Gasteiger partial charge in [0.15, 0.2) is 6.73 Å². The fourth-order valence-corrected chi connectivity index (χ4v) is 2.51. The second-order valence-corrected chi connectivity index (χ2v) is 7.08. The van der Waals surface area contributed by atoms with Crippen LogP contribution in [-0.4, -0.2) is 18.7 Å². The molecule has 0 atom stereocenters. The summed E-state index contributed by atoms with van der Waals surface area (Å²) in [6.45, 7) is 8.35. The molecule has 0 aromatic heterocycles. The first-order valence-electron chi connectivity index (χ1n) is 8.36. The molecule has 0 saturated carbocycles. The minimum absolute atomic E-state index is 0.00326. The predicted molar refractivity (Wildman–Crippen MR) is 102 cm³/mol. The quantitative estimate of drug-likeness (QED) is 0.716. The van der Waals surface area contributed by atoms with E-state index < -0.39 is 11.9 Å². The third-order valence-corrected chi connectivity index (χ3v) is 3.84. The largest absolute Gasteiger partial charge is 0.473 e. The number of carbonyl (C=O) groups excluding carboxylic acids is 2. The lowest BCUT2D eigenvalue weighted by atomic mass is 9.85. The van der Waals surface area contributed by atoms with Crippen molar-refractivity contribution in [3.05, 3.63) is 59.2 Å². The zero-order chi connectivity index (χ0) is 19.3. The summed E-state index contributed by atoms with van der Waals surface area (Å²) >= 11 is 0. The van der Waals surface area contributed by atoms with Gasteiger partial charge in [-0.2, -0.15) is 0 Å². The molecule has 0 unspecified atom stereocenters. The predicted octanol–water partition coefficient (Wildman–Crippen LogP) is 3.55. The minimum atomic E-state index is -0.605. The smallest absolute Gasteiger partial charge is 0.321 e. The molecule has 0 aliphatic rings. The Balaban J connectivity index is 1.99. The van der Waals surface area contributed by atoms with Gasteiger partial charge in [0.1, 0.15) is 5.75 Å². The fraction of sp³-hybridized carbons (Fsp3) is 0.300. The van der Waals surface area contributed by atoms with Crippen LogP contribution in [0.25, 0.3) is 0 Å². The zero-order valence-corrected chi connectivity index (χ0v) is 15.6. The van der Waals surface area contributed by atoms with Crippen molar-refractivity contribution in [3.63, 3.8) is 0 Å². The van der Waals surface area contributed by atoms with E-state index >= 15 is 0 Å². The fourth-order valence-electron chi connectivity index (χ4n) is 2.51. The summed E-state index contributed by atoms with van der Waals surface area (Å²) in [7, 11) is 0. The summed E-state index contributed by atoms with van der Waals surface area (Å²) in [5.41, 5.74) is 8.04. The molecule has 2 rings (SSSR count). The Bertz CT molecular complexity index is 810. The number of amides is 3. The summed E-state index contributed by atoms with van der Waals surface area (Å²) < 4.78 is 5.74. The van der Waals surface area contributed by atoms with Gasteiger partial charge in [-0.1, -0.05) is 50.6 Å². The lowest BCUT2D eigenvalue weighted by molar-refractivity contribution is 0.100. The average Bonchev–Trinajstić information content (AvgIpc) is 2.55. The molecular weight excluding hydrogens is 330 g/mol. The van der Waals surface area contributed by atoms with Crippen LogP contribution < -0.4 is 21.1 Å². The number of hydrogen-bond acceptors (Lipinski definition) is 3. The molecule has 26 heavy (non-hydrogen) atoms. The van der Waals surface area contributed by atoms with Crippen molar-refractivity contribution in [3.8, 4) is 5.75 Å². The molecule has 0 spiro atoms. The highest BCUT2D eigenvalue weighted by atomic mass is 16.5. The number of nitrogens with two attached hydrogens (primary N) is 1. The van der Waals surface area contributed by atoms with Crippen molar-refractivity contribution in [2.24, 2.45) is 5.73 Å². The van der Waals surface area contributed by atoms with Crippen molar-refractivity contribution < 1.29 is 14.3 Å². The third-order valence-electron chi connectivity index (χ3n) is 3.84. The van der Waals surface area contributed by atoms with Crippen LogP contribution >= 0.6 is 0 Å². The Morgan fingerprint density at radius 1 is 1.12 bits per heavy atom. The van der Waals surface area contributed by atoms with Gasteiger partial charge in [-0.25, -0.2) is 4.79 Å². The maximum absolute atomic E-state index is 12.1. The molecule has 6 nitrogen and oxygen atoms in total. The molecule has 0 bridgehead atoms. The Kier molecular flexibility index (Phi) is 5.87. The molecule has 0 aliphatic carbocycles. The van der Waals surface area contributed by atoms with Crippen LogP contribution in [-0.2, 0) is 5.41 Å². The summed E-state index contributed by atoms with van der Waals surface area (Å²) in [5.74, 6) is 0.118. The Morgan fingerprint density at radius 3 is 2.46 bits per heavy atom. The van der Waals surface area contributed by atoms with Gasteiger partial charge in [0.05, 0.1) is 11.3 Å². The van der Waals surface area contributed by atoms with E-state index in [9.17, 15) is 9.59 Å². The normalized spacial score (nSPS) is 10.9. The van der Waals surface area contributed by atoms with Crippen LogP contribution in [0.4, 0.5) is 10.5 Å². The van der Waals surface area contributed by atoms with Gasteiger partial charge in [0.2, 0.25) is 0 Å². The van der Waals surface area contributed by atoms with Crippen molar-refractivity contribution in [2.75, 3.05) is 12.0 Å². The maximum atomic E-state index is 12.1. The lowest BCUT2D eigenvalue weighted by Crippen LogP contribution is -2.33. The minimum Gasteiger partial charge on any atom is -0.473 e. The average molecular weight is 355 g/mol. The molecule has 0 saturated heterocycles. The summed E-state index contributed by atoms with van der Waals surface area (Å²) in [5, 5.41) is 5.22. The highest BCUT2D eigenvalue weighted by Gasteiger charge is 2.19. The SMILES string of the molecule is Cc1ccc(OCNC(=O)Nc2ccccc2C(N)=O)c(C(C)(C)C)c1. The number of para-hydroxylation sites is 1. The van der Waals surface area contributed by atoms with Crippen LogP contribution in [0.1, 0.15) is 42.3 Å². The highest BCUT2D eigenvalue weighted by Crippen LogP contribution is 2.31. The van der Waals surface area contributed by atoms with Crippen molar-refractivity contribution >= 4 is 17.6 Å². The molecule has 0 heterocycles. The molecule has 3 amide bonds. The van der Waals surface area contributed by atoms with E-state index in [2.05, 4.69) is 37.5 Å². The van der Waals surface area contributed by atoms with Gasteiger partial charge in [-0.3, -0.25) is 4.79 Å². The van der Waals surface area contributed by atoms with Gasteiger partial charge < -0.3 is 21.1 Å². The second-order valence-electron chi connectivity index (χ2n) is 7.08. The van der Waals surface area contributed by atoms with E-state index in [1.807, 2.05) is 19.1 Å². The number of primary amides is 1. The van der Waals surface area contributed by atoms with E-state index in [1.54, 1.807) is 24.3 Å². The Hall–Kier alpha value is -3.02. The van der Waals surface area contributed by atoms with E-state index in [1.165, 1.54) is 0 Å².